The number of carboxylic acids is 1. The van der Waals surface area contributed by atoms with Crippen molar-refractivity contribution < 1.29 is 14.7 Å². The van der Waals surface area contributed by atoms with Gasteiger partial charge in [-0.15, -0.1) is 0 Å². The average molecular weight is 356 g/mol. The van der Waals surface area contributed by atoms with Gasteiger partial charge in [0.25, 0.3) is 0 Å². The number of benzene rings is 1. The van der Waals surface area contributed by atoms with E-state index in [1.165, 1.54) is 0 Å². The van der Waals surface area contributed by atoms with Crippen molar-refractivity contribution in [3.8, 4) is 6.07 Å². The van der Waals surface area contributed by atoms with Crippen LogP contribution in [0.15, 0.2) is 24.3 Å². The second-order valence-electron chi connectivity index (χ2n) is 8.09. The fraction of sp³-hybridized carbons (Fsp3) is 0.571. The lowest BCUT2D eigenvalue weighted by molar-refractivity contribution is -0.145. The van der Waals surface area contributed by atoms with Crippen LogP contribution in [-0.2, 0) is 15.0 Å². The smallest absolute Gasteiger partial charge is 0.304 e. The van der Waals surface area contributed by atoms with E-state index in [1.807, 2.05) is 26.0 Å². The van der Waals surface area contributed by atoms with E-state index >= 15 is 0 Å². The minimum absolute atomic E-state index is 0.0872. The number of aliphatic carboxylic acids is 1. The molecule has 1 fully saturated rings. The van der Waals surface area contributed by atoms with E-state index in [1.54, 1.807) is 19.1 Å². The van der Waals surface area contributed by atoms with Crippen molar-refractivity contribution in [3.63, 3.8) is 0 Å². The summed E-state index contributed by atoms with van der Waals surface area (Å²) in [5.41, 5.74) is -0.0160. The highest BCUT2D eigenvalue weighted by Gasteiger charge is 2.43. The molecule has 0 aromatic heterocycles. The molecule has 2 rings (SSSR count). The van der Waals surface area contributed by atoms with Gasteiger partial charge < -0.3 is 10.4 Å². The Kier molecular flexibility index (Phi) is 6.07. The number of carbonyl (C=O) groups excluding carboxylic acids is 1. The first-order valence-corrected chi connectivity index (χ1v) is 9.24. The van der Waals surface area contributed by atoms with E-state index in [0.717, 1.165) is 37.7 Å². The summed E-state index contributed by atoms with van der Waals surface area (Å²) in [6, 6.07) is 9.45. The van der Waals surface area contributed by atoms with Gasteiger partial charge in [-0.2, -0.15) is 5.26 Å². The lowest BCUT2D eigenvalue weighted by atomic mass is 9.67. The molecule has 1 atom stereocenters. The van der Waals surface area contributed by atoms with E-state index in [0.29, 0.717) is 5.69 Å². The standard InChI is InChI=1S/C21H28N2O3/c1-20(2,14-22)15-9-11-17(12-10-15)23-19(26)21(3,13-18(24)25)16-7-5-4-6-8-16/h9-12,16H,4-8,13H2,1-3H3,(H,23,26)(H,24,25). The van der Waals surface area contributed by atoms with Crippen LogP contribution in [0.3, 0.4) is 0 Å². The third-order valence-corrected chi connectivity index (χ3v) is 5.69. The van der Waals surface area contributed by atoms with Crippen LogP contribution in [0.1, 0.15) is 64.9 Å². The van der Waals surface area contributed by atoms with E-state index < -0.39 is 16.8 Å². The van der Waals surface area contributed by atoms with Crippen LogP contribution < -0.4 is 5.32 Å². The highest BCUT2D eigenvalue weighted by Crippen LogP contribution is 2.42. The van der Waals surface area contributed by atoms with Gasteiger partial charge in [-0.05, 0) is 57.2 Å². The Balaban J connectivity index is 2.18. The topological polar surface area (TPSA) is 90.2 Å². The summed E-state index contributed by atoms with van der Waals surface area (Å²) in [4.78, 5) is 24.4. The van der Waals surface area contributed by atoms with E-state index in [4.69, 9.17) is 0 Å². The molecular formula is C21H28N2O3. The van der Waals surface area contributed by atoms with Crippen molar-refractivity contribution in [1.82, 2.24) is 0 Å². The van der Waals surface area contributed by atoms with E-state index in [2.05, 4.69) is 11.4 Å². The zero-order valence-corrected chi connectivity index (χ0v) is 15.8. The van der Waals surface area contributed by atoms with Gasteiger partial charge in [0.1, 0.15) is 0 Å². The number of anilines is 1. The van der Waals surface area contributed by atoms with Gasteiger partial charge >= 0.3 is 5.97 Å². The first-order chi connectivity index (χ1) is 12.2. The first-order valence-electron chi connectivity index (χ1n) is 9.24. The minimum atomic E-state index is -0.945. The van der Waals surface area contributed by atoms with Crippen molar-refractivity contribution in [2.75, 3.05) is 5.32 Å². The number of hydrogen-bond acceptors (Lipinski definition) is 3. The van der Waals surface area contributed by atoms with Crippen LogP contribution in [0.25, 0.3) is 0 Å². The molecule has 1 aromatic carbocycles. The number of nitriles is 1. The summed E-state index contributed by atoms with van der Waals surface area (Å²) < 4.78 is 0. The minimum Gasteiger partial charge on any atom is -0.481 e. The van der Waals surface area contributed by atoms with Crippen LogP contribution in [0, 0.1) is 22.7 Å². The number of hydrogen-bond donors (Lipinski definition) is 2. The Morgan fingerprint density at radius 2 is 1.73 bits per heavy atom. The molecule has 0 heterocycles. The monoisotopic (exact) mass is 356 g/mol. The number of carboxylic acid groups (broad SMARTS) is 1. The Morgan fingerprint density at radius 3 is 2.23 bits per heavy atom. The predicted molar refractivity (Wildman–Crippen MR) is 101 cm³/mol. The predicted octanol–water partition coefficient (Wildman–Crippen LogP) is 4.49. The number of rotatable bonds is 6. The quantitative estimate of drug-likeness (QED) is 0.786. The first kappa shape index (κ1) is 20.0. The van der Waals surface area contributed by atoms with Gasteiger partial charge in [0, 0.05) is 5.69 Å². The molecule has 1 saturated carbocycles. The second-order valence-corrected chi connectivity index (χ2v) is 8.09. The number of nitrogens with one attached hydrogen (secondary N) is 1. The fourth-order valence-electron chi connectivity index (χ4n) is 3.77. The largest absolute Gasteiger partial charge is 0.481 e. The molecule has 5 nitrogen and oxygen atoms in total. The Bertz CT molecular complexity index is 697. The molecule has 2 N–H and O–H groups in total. The molecule has 0 radical (unpaired) electrons. The maximum Gasteiger partial charge on any atom is 0.304 e. The third kappa shape index (κ3) is 4.43. The lowest BCUT2D eigenvalue weighted by Crippen LogP contribution is -2.42. The summed E-state index contributed by atoms with van der Waals surface area (Å²) in [5, 5.41) is 21.5. The Labute approximate surface area is 155 Å². The molecule has 1 aliphatic carbocycles. The zero-order chi connectivity index (χ0) is 19.4. The van der Waals surface area contributed by atoms with E-state index in [9.17, 15) is 20.0 Å². The van der Waals surface area contributed by atoms with Crippen molar-refractivity contribution in [3.05, 3.63) is 29.8 Å². The van der Waals surface area contributed by atoms with Gasteiger partial charge in [-0.1, -0.05) is 31.4 Å². The lowest BCUT2D eigenvalue weighted by Gasteiger charge is -2.37. The second kappa shape index (κ2) is 7.90. The van der Waals surface area contributed by atoms with Crippen LogP contribution in [0.4, 0.5) is 5.69 Å². The molecule has 1 amide bonds. The van der Waals surface area contributed by atoms with Gasteiger partial charge in [-0.3, -0.25) is 9.59 Å². The van der Waals surface area contributed by atoms with Crippen LogP contribution in [-0.4, -0.2) is 17.0 Å². The van der Waals surface area contributed by atoms with Crippen LogP contribution >= 0.6 is 0 Å². The molecule has 26 heavy (non-hydrogen) atoms. The maximum absolute atomic E-state index is 13.0. The summed E-state index contributed by atoms with van der Waals surface area (Å²) in [6.45, 7) is 5.46. The maximum atomic E-state index is 13.0. The van der Waals surface area contributed by atoms with Crippen molar-refractivity contribution in [1.29, 1.82) is 5.26 Å². The summed E-state index contributed by atoms with van der Waals surface area (Å²) in [5.74, 6) is -1.09. The highest BCUT2D eigenvalue weighted by atomic mass is 16.4. The summed E-state index contributed by atoms with van der Waals surface area (Å²) >= 11 is 0. The van der Waals surface area contributed by atoms with Crippen molar-refractivity contribution >= 4 is 17.6 Å². The molecule has 0 aliphatic heterocycles. The molecule has 0 spiro atoms. The molecule has 1 aliphatic rings. The van der Waals surface area contributed by atoms with Crippen LogP contribution in [0.5, 0.6) is 0 Å². The molecule has 1 unspecified atom stereocenters. The molecule has 1 aromatic rings. The Hall–Kier alpha value is -2.35. The highest BCUT2D eigenvalue weighted by molar-refractivity contribution is 5.97. The zero-order valence-electron chi connectivity index (χ0n) is 15.8. The number of carbonyl (C=O) groups is 2. The average Bonchev–Trinajstić information content (AvgIpc) is 2.62. The van der Waals surface area contributed by atoms with Gasteiger partial charge in [0.05, 0.1) is 23.3 Å². The molecule has 5 heteroatoms. The number of nitrogens with zero attached hydrogens (tertiary/aromatic N) is 1. The van der Waals surface area contributed by atoms with Gasteiger partial charge in [0.2, 0.25) is 5.91 Å². The molecular weight excluding hydrogens is 328 g/mol. The van der Waals surface area contributed by atoms with Crippen molar-refractivity contribution in [2.24, 2.45) is 11.3 Å². The number of amides is 1. The SMILES string of the molecule is CC(C)(C#N)c1ccc(NC(=O)C(C)(CC(=O)O)C2CCCCC2)cc1. The normalized spacial score (nSPS) is 17.8. The molecule has 140 valence electrons. The molecule has 0 saturated heterocycles. The molecule has 0 bridgehead atoms. The third-order valence-electron chi connectivity index (χ3n) is 5.69. The van der Waals surface area contributed by atoms with Crippen molar-refractivity contribution in [2.45, 2.75) is 64.7 Å². The summed E-state index contributed by atoms with van der Waals surface area (Å²) in [7, 11) is 0. The summed E-state index contributed by atoms with van der Waals surface area (Å²) in [6.07, 6.45) is 4.87. The van der Waals surface area contributed by atoms with Gasteiger partial charge in [0.15, 0.2) is 0 Å². The Morgan fingerprint density at radius 1 is 1.15 bits per heavy atom. The van der Waals surface area contributed by atoms with E-state index in [-0.39, 0.29) is 18.2 Å². The van der Waals surface area contributed by atoms with Gasteiger partial charge in [-0.25, -0.2) is 0 Å². The van der Waals surface area contributed by atoms with Crippen LogP contribution in [0.2, 0.25) is 0 Å². The fourth-order valence-corrected chi connectivity index (χ4v) is 3.77.